The van der Waals surface area contributed by atoms with Gasteiger partial charge in [-0.3, -0.25) is 9.59 Å². The summed E-state index contributed by atoms with van der Waals surface area (Å²) in [7, 11) is 0. The van der Waals surface area contributed by atoms with Gasteiger partial charge in [0.05, 0.1) is 17.5 Å². The highest BCUT2D eigenvalue weighted by Gasteiger charge is 2.25. The summed E-state index contributed by atoms with van der Waals surface area (Å²) in [6.07, 6.45) is 1.27. The van der Waals surface area contributed by atoms with Gasteiger partial charge in [-0.05, 0) is 51.0 Å². The van der Waals surface area contributed by atoms with E-state index in [1.165, 1.54) is 4.90 Å². The lowest BCUT2D eigenvalue weighted by molar-refractivity contribution is -0.137. The molecule has 1 N–H and O–H groups in total. The van der Waals surface area contributed by atoms with E-state index in [0.717, 1.165) is 11.4 Å². The second-order valence-electron chi connectivity index (χ2n) is 6.43. The molecule has 2 aromatic rings. The van der Waals surface area contributed by atoms with Crippen LogP contribution in [0.4, 0.5) is 0 Å². The van der Waals surface area contributed by atoms with Crippen LogP contribution in [0.15, 0.2) is 24.3 Å². The SMILES string of the molecule is CCCN(CC(=O)O)C(=O)c1nnn(-c2ccc(OC(C)C)cc2)c1CC. The zero-order valence-corrected chi connectivity index (χ0v) is 16.2. The number of aliphatic carboxylic acids is 1. The number of aromatic nitrogens is 3. The van der Waals surface area contributed by atoms with Crippen molar-refractivity contribution in [1.29, 1.82) is 0 Å². The molecule has 1 aromatic heterocycles. The molecule has 0 radical (unpaired) electrons. The fourth-order valence-electron chi connectivity index (χ4n) is 2.77. The molecule has 1 heterocycles. The zero-order valence-electron chi connectivity index (χ0n) is 16.2. The Bertz CT molecular complexity index is 784. The van der Waals surface area contributed by atoms with E-state index in [1.54, 1.807) is 4.68 Å². The number of hydrogen-bond acceptors (Lipinski definition) is 5. The van der Waals surface area contributed by atoms with Crippen molar-refractivity contribution in [2.45, 2.75) is 46.6 Å². The molecule has 1 amide bonds. The maximum atomic E-state index is 12.8. The number of carboxylic acid groups (broad SMARTS) is 1. The molecule has 0 spiro atoms. The Morgan fingerprint density at radius 3 is 2.41 bits per heavy atom. The quantitative estimate of drug-likeness (QED) is 0.724. The lowest BCUT2D eigenvalue weighted by atomic mass is 10.2. The molecule has 0 aliphatic carbocycles. The summed E-state index contributed by atoms with van der Waals surface area (Å²) in [6.45, 7) is 7.70. The first kappa shape index (κ1) is 20.4. The fourth-order valence-corrected chi connectivity index (χ4v) is 2.77. The number of benzene rings is 1. The summed E-state index contributed by atoms with van der Waals surface area (Å²) in [4.78, 5) is 25.1. The number of amides is 1. The minimum Gasteiger partial charge on any atom is -0.491 e. The van der Waals surface area contributed by atoms with E-state index in [1.807, 2.05) is 52.0 Å². The van der Waals surface area contributed by atoms with Crippen molar-refractivity contribution in [3.8, 4) is 11.4 Å². The van der Waals surface area contributed by atoms with Crippen LogP contribution in [0.25, 0.3) is 5.69 Å². The Kier molecular flexibility index (Phi) is 6.92. The zero-order chi connectivity index (χ0) is 20.0. The van der Waals surface area contributed by atoms with Crippen molar-refractivity contribution in [2.75, 3.05) is 13.1 Å². The summed E-state index contributed by atoms with van der Waals surface area (Å²) in [5.74, 6) is -0.719. The van der Waals surface area contributed by atoms with E-state index in [0.29, 0.717) is 25.1 Å². The molecule has 8 heteroatoms. The molecule has 1 aromatic carbocycles. The first-order valence-electron chi connectivity index (χ1n) is 9.10. The van der Waals surface area contributed by atoms with Gasteiger partial charge in [0, 0.05) is 6.54 Å². The molecule has 2 rings (SSSR count). The Morgan fingerprint density at radius 1 is 1.22 bits per heavy atom. The Balaban J connectivity index is 2.32. The Labute approximate surface area is 158 Å². The smallest absolute Gasteiger partial charge is 0.323 e. The maximum absolute atomic E-state index is 12.8. The predicted octanol–water partition coefficient (Wildman–Crippen LogP) is 2.55. The molecule has 0 saturated carbocycles. The highest BCUT2D eigenvalue weighted by Crippen LogP contribution is 2.19. The van der Waals surface area contributed by atoms with Crippen molar-refractivity contribution in [3.63, 3.8) is 0 Å². The van der Waals surface area contributed by atoms with Crippen molar-refractivity contribution >= 4 is 11.9 Å². The molecule has 8 nitrogen and oxygen atoms in total. The summed E-state index contributed by atoms with van der Waals surface area (Å²) in [5.41, 5.74) is 1.59. The number of ether oxygens (including phenoxy) is 1. The summed E-state index contributed by atoms with van der Waals surface area (Å²) in [5, 5.41) is 17.2. The third-order valence-corrected chi connectivity index (χ3v) is 3.86. The lowest BCUT2D eigenvalue weighted by Gasteiger charge is -2.19. The van der Waals surface area contributed by atoms with Crippen molar-refractivity contribution < 1.29 is 19.4 Å². The van der Waals surface area contributed by atoms with Gasteiger partial charge < -0.3 is 14.7 Å². The molecular weight excluding hydrogens is 348 g/mol. The lowest BCUT2D eigenvalue weighted by Crippen LogP contribution is -2.37. The number of carboxylic acids is 1. The van der Waals surface area contributed by atoms with Gasteiger partial charge in [-0.2, -0.15) is 0 Å². The van der Waals surface area contributed by atoms with Gasteiger partial charge in [0.15, 0.2) is 5.69 Å². The van der Waals surface area contributed by atoms with Crippen LogP contribution < -0.4 is 4.74 Å². The normalized spacial score (nSPS) is 10.9. The molecular formula is C19H26N4O4. The second kappa shape index (κ2) is 9.16. The van der Waals surface area contributed by atoms with Gasteiger partial charge in [0.2, 0.25) is 0 Å². The molecule has 0 unspecified atom stereocenters. The van der Waals surface area contributed by atoms with Crippen molar-refractivity contribution in [1.82, 2.24) is 19.9 Å². The number of carbonyl (C=O) groups excluding carboxylic acids is 1. The summed E-state index contributed by atoms with van der Waals surface area (Å²) < 4.78 is 7.25. The van der Waals surface area contributed by atoms with Crippen LogP contribution in [0.5, 0.6) is 5.75 Å². The largest absolute Gasteiger partial charge is 0.491 e. The molecule has 0 fully saturated rings. The van der Waals surface area contributed by atoms with E-state index in [9.17, 15) is 9.59 Å². The fraction of sp³-hybridized carbons (Fsp3) is 0.474. The van der Waals surface area contributed by atoms with Crippen molar-refractivity contribution in [3.05, 3.63) is 35.7 Å². The van der Waals surface area contributed by atoms with E-state index in [4.69, 9.17) is 9.84 Å². The van der Waals surface area contributed by atoms with E-state index in [2.05, 4.69) is 10.3 Å². The number of nitrogens with zero attached hydrogens (tertiary/aromatic N) is 4. The monoisotopic (exact) mass is 374 g/mol. The minimum atomic E-state index is -1.05. The molecule has 0 saturated heterocycles. The van der Waals surface area contributed by atoms with Gasteiger partial charge in [-0.15, -0.1) is 5.10 Å². The first-order valence-corrected chi connectivity index (χ1v) is 9.10. The third kappa shape index (κ3) is 5.06. The number of rotatable bonds is 9. The van der Waals surface area contributed by atoms with Gasteiger partial charge in [-0.25, -0.2) is 4.68 Å². The van der Waals surface area contributed by atoms with Gasteiger partial charge in [-0.1, -0.05) is 19.1 Å². The standard InChI is InChI=1S/C19H26N4O4/c1-5-11-22(12-17(24)25)19(26)18-16(6-2)23(21-20-18)14-7-9-15(10-8-14)27-13(3)4/h7-10,13H,5-6,11-12H2,1-4H3,(H,24,25). The number of carbonyl (C=O) groups is 2. The van der Waals surface area contributed by atoms with Crippen LogP contribution in [0.3, 0.4) is 0 Å². The third-order valence-electron chi connectivity index (χ3n) is 3.86. The van der Waals surface area contributed by atoms with E-state index >= 15 is 0 Å². The van der Waals surface area contributed by atoms with Crippen LogP contribution in [0, 0.1) is 0 Å². The Morgan fingerprint density at radius 2 is 1.89 bits per heavy atom. The highest BCUT2D eigenvalue weighted by molar-refractivity contribution is 5.95. The maximum Gasteiger partial charge on any atom is 0.323 e. The minimum absolute atomic E-state index is 0.0800. The van der Waals surface area contributed by atoms with Gasteiger partial charge in [0.25, 0.3) is 5.91 Å². The number of hydrogen-bond donors (Lipinski definition) is 1. The Hall–Kier alpha value is -2.90. The molecule has 0 aliphatic heterocycles. The van der Waals surface area contributed by atoms with Crippen LogP contribution in [0.1, 0.15) is 50.3 Å². The topological polar surface area (TPSA) is 97.5 Å². The van der Waals surface area contributed by atoms with Crippen LogP contribution in [-0.4, -0.2) is 56.1 Å². The van der Waals surface area contributed by atoms with Crippen LogP contribution >= 0.6 is 0 Å². The van der Waals surface area contributed by atoms with E-state index < -0.39 is 11.9 Å². The molecule has 0 bridgehead atoms. The molecule has 27 heavy (non-hydrogen) atoms. The van der Waals surface area contributed by atoms with Crippen LogP contribution in [0.2, 0.25) is 0 Å². The van der Waals surface area contributed by atoms with E-state index in [-0.39, 0.29) is 18.3 Å². The van der Waals surface area contributed by atoms with Gasteiger partial charge in [0.1, 0.15) is 12.3 Å². The average Bonchev–Trinajstić information content (AvgIpc) is 3.04. The summed E-state index contributed by atoms with van der Waals surface area (Å²) in [6, 6.07) is 7.37. The summed E-state index contributed by atoms with van der Waals surface area (Å²) >= 11 is 0. The first-order chi connectivity index (χ1) is 12.9. The molecule has 0 atom stereocenters. The van der Waals surface area contributed by atoms with Crippen molar-refractivity contribution in [2.24, 2.45) is 0 Å². The predicted molar refractivity (Wildman–Crippen MR) is 100 cm³/mol. The molecule has 146 valence electrons. The molecule has 0 aliphatic rings. The second-order valence-corrected chi connectivity index (χ2v) is 6.43. The van der Waals surface area contributed by atoms with Gasteiger partial charge >= 0.3 is 5.97 Å². The highest BCUT2D eigenvalue weighted by atomic mass is 16.5. The van der Waals surface area contributed by atoms with Crippen LogP contribution in [-0.2, 0) is 11.2 Å². The average molecular weight is 374 g/mol.